The number of carbonyl (C=O) groups excluding carboxylic acids is 1. The molecule has 0 unspecified atom stereocenters. The minimum absolute atomic E-state index is 0.0475. The number of sulfone groups is 1. The van der Waals surface area contributed by atoms with E-state index in [1.165, 1.54) is 6.26 Å². The maximum atomic E-state index is 12.0. The highest BCUT2D eigenvalue weighted by Gasteiger charge is 2.06. The molecule has 0 aliphatic rings. The first-order chi connectivity index (χ1) is 12.3. The Labute approximate surface area is 160 Å². The van der Waals surface area contributed by atoms with Crippen molar-refractivity contribution in [2.45, 2.75) is 31.4 Å². The largest absolute Gasteiger partial charge is 0.385 e. The predicted molar refractivity (Wildman–Crippen MR) is 107 cm³/mol. The molecule has 26 heavy (non-hydrogen) atoms. The van der Waals surface area contributed by atoms with Crippen molar-refractivity contribution in [2.75, 3.05) is 18.1 Å². The van der Waals surface area contributed by atoms with E-state index in [1.54, 1.807) is 0 Å². The smallest absolute Gasteiger partial charge is 0.151 e. The zero-order chi connectivity index (χ0) is 19.0. The van der Waals surface area contributed by atoms with Gasteiger partial charge in [-0.05, 0) is 42.2 Å². The number of nitrogens with one attached hydrogen (secondary N) is 1. The van der Waals surface area contributed by atoms with Crippen molar-refractivity contribution in [1.29, 1.82) is 0 Å². The summed E-state index contributed by atoms with van der Waals surface area (Å²) in [5.41, 5.74) is 2.78. The fraction of sp³-hybridized carbons (Fsp3) is 0.350. The minimum atomic E-state index is -3.02. The van der Waals surface area contributed by atoms with E-state index in [4.69, 9.17) is 11.6 Å². The Morgan fingerprint density at radius 3 is 2.38 bits per heavy atom. The maximum absolute atomic E-state index is 12.0. The number of halogens is 1. The molecule has 0 aromatic heterocycles. The van der Waals surface area contributed by atoms with Gasteiger partial charge in [0.05, 0.1) is 5.75 Å². The van der Waals surface area contributed by atoms with E-state index >= 15 is 0 Å². The third-order valence-electron chi connectivity index (χ3n) is 3.93. The van der Waals surface area contributed by atoms with Crippen molar-refractivity contribution in [3.8, 4) is 0 Å². The van der Waals surface area contributed by atoms with E-state index in [9.17, 15) is 13.2 Å². The summed E-state index contributed by atoms with van der Waals surface area (Å²) in [5, 5.41) is 3.94. The van der Waals surface area contributed by atoms with Gasteiger partial charge >= 0.3 is 0 Å². The molecule has 140 valence electrons. The normalized spacial score (nSPS) is 11.3. The fourth-order valence-electron chi connectivity index (χ4n) is 2.63. The number of aryl methyl sites for hydroxylation is 1. The lowest BCUT2D eigenvalue weighted by atomic mass is 10.0. The molecule has 6 heteroatoms. The summed E-state index contributed by atoms with van der Waals surface area (Å²) >= 11 is 5.92. The van der Waals surface area contributed by atoms with Crippen molar-refractivity contribution in [1.82, 2.24) is 0 Å². The van der Waals surface area contributed by atoms with E-state index in [1.807, 2.05) is 48.5 Å². The second-order valence-electron chi connectivity index (χ2n) is 6.47. The molecule has 0 bridgehead atoms. The van der Waals surface area contributed by atoms with Gasteiger partial charge in [0.25, 0.3) is 0 Å². The third kappa shape index (κ3) is 8.02. The molecular formula is C20H24ClNO3S. The molecule has 0 saturated heterocycles. The fourth-order valence-corrected chi connectivity index (χ4v) is 3.62. The van der Waals surface area contributed by atoms with E-state index in [2.05, 4.69) is 5.32 Å². The van der Waals surface area contributed by atoms with Crippen molar-refractivity contribution < 1.29 is 13.2 Å². The topological polar surface area (TPSA) is 63.2 Å². The Morgan fingerprint density at radius 1 is 1.04 bits per heavy atom. The molecule has 0 amide bonds. The molecule has 0 spiro atoms. The Hall–Kier alpha value is -1.85. The highest BCUT2D eigenvalue weighted by atomic mass is 35.5. The van der Waals surface area contributed by atoms with E-state index in [0.717, 1.165) is 29.8 Å². The van der Waals surface area contributed by atoms with Crippen LogP contribution in [0.1, 0.15) is 30.4 Å². The lowest BCUT2D eigenvalue weighted by Gasteiger charge is -2.07. The van der Waals surface area contributed by atoms with Crippen LogP contribution in [-0.2, 0) is 26.8 Å². The molecule has 2 rings (SSSR count). The molecule has 0 heterocycles. The first-order valence-electron chi connectivity index (χ1n) is 8.58. The van der Waals surface area contributed by atoms with Crippen molar-refractivity contribution >= 4 is 32.9 Å². The van der Waals surface area contributed by atoms with Crippen LogP contribution in [0.3, 0.4) is 0 Å². The summed E-state index contributed by atoms with van der Waals surface area (Å²) in [6.07, 6.45) is 3.72. The van der Waals surface area contributed by atoms with Gasteiger partial charge in [0.1, 0.15) is 5.78 Å². The number of anilines is 1. The summed E-state index contributed by atoms with van der Waals surface area (Å²) in [4.78, 5) is 12.0. The molecule has 4 nitrogen and oxygen atoms in total. The van der Waals surface area contributed by atoms with Gasteiger partial charge in [0.2, 0.25) is 0 Å². The quantitative estimate of drug-likeness (QED) is 0.612. The van der Waals surface area contributed by atoms with Crippen LogP contribution in [0.2, 0.25) is 5.02 Å². The van der Waals surface area contributed by atoms with Crippen LogP contribution in [0.25, 0.3) is 0 Å². The number of benzene rings is 2. The van der Waals surface area contributed by atoms with Gasteiger partial charge in [-0.15, -0.1) is 0 Å². The highest BCUT2D eigenvalue weighted by molar-refractivity contribution is 7.89. The molecule has 0 aliphatic heterocycles. The monoisotopic (exact) mass is 393 g/mol. The Balaban J connectivity index is 1.67. The first kappa shape index (κ1) is 20.5. The molecule has 2 aromatic rings. The zero-order valence-electron chi connectivity index (χ0n) is 14.9. The second-order valence-corrected chi connectivity index (χ2v) is 9.04. The Kier molecular flexibility index (Phi) is 7.66. The van der Waals surface area contributed by atoms with Gasteiger partial charge in [-0.1, -0.05) is 41.9 Å². The summed E-state index contributed by atoms with van der Waals surface area (Å²) in [5.74, 6) is 0.282. The van der Waals surface area contributed by atoms with Crippen LogP contribution < -0.4 is 5.32 Å². The summed E-state index contributed by atoms with van der Waals surface area (Å²) in [7, 11) is -3.02. The number of hydrogen-bond acceptors (Lipinski definition) is 4. The molecule has 0 atom stereocenters. The van der Waals surface area contributed by atoms with E-state index < -0.39 is 9.84 Å². The molecule has 0 radical (unpaired) electrons. The number of ketones is 1. The van der Waals surface area contributed by atoms with Crippen LogP contribution in [0.15, 0.2) is 48.5 Å². The second kappa shape index (κ2) is 9.74. The standard InChI is InChI=1S/C20H24ClNO3S/c1-26(24,25)15-17-9-7-16(8-10-17)11-12-20(23)6-3-13-22-19-5-2-4-18(21)14-19/h2,4-5,7-10,14,22H,3,6,11-13,15H2,1H3. The summed E-state index contributed by atoms with van der Waals surface area (Å²) < 4.78 is 22.6. The molecule has 0 saturated carbocycles. The van der Waals surface area contributed by atoms with Gasteiger partial charge < -0.3 is 5.32 Å². The van der Waals surface area contributed by atoms with Crippen LogP contribution in [0.5, 0.6) is 0 Å². The first-order valence-corrected chi connectivity index (χ1v) is 11.0. The van der Waals surface area contributed by atoms with Gasteiger partial charge in [0.15, 0.2) is 9.84 Å². The molecule has 2 aromatic carbocycles. The minimum Gasteiger partial charge on any atom is -0.385 e. The maximum Gasteiger partial charge on any atom is 0.151 e. The van der Waals surface area contributed by atoms with Crippen LogP contribution in [0.4, 0.5) is 5.69 Å². The van der Waals surface area contributed by atoms with Gasteiger partial charge in [-0.3, -0.25) is 4.79 Å². The van der Waals surface area contributed by atoms with Gasteiger partial charge in [-0.25, -0.2) is 8.42 Å². The van der Waals surface area contributed by atoms with E-state index in [-0.39, 0.29) is 11.5 Å². The van der Waals surface area contributed by atoms with Crippen molar-refractivity contribution in [3.63, 3.8) is 0 Å². The summed E-state index contributed by atoms with van der Waals surface area (Å²) in [6.45, 7) is 0.728. The summed E-state index contributed by atoms with van der Waals surface area (Å²) in [6, 6.07) is 14.9. The molecule has 0 aliphatic carbocycles. The number of carbonyl (C=O) groups is 1. The van der Waals surface area contributed by atoms with Crippen LogP contribution in [0, 0.1) is 0 Å². The predicted octanol–water partition coefficient (Wildman–Crippen LogP) is 4.28. The van der Waals surface area contributed by atoms with Crippen LogP contribution in [-0.4, -0.2) is 27.0 Å². The average Bonchev–Trinajstić information content (AvgIpc) is 2.57. The Bertz CT molecular complexity index is 832. The Morgan fingerprint density at radius 2 is 1.73 bits per heavy atom. The van der Waals surface area contributed by atoms with Gasteiger partial charge in [0, 0.05) is 36.4 Å². The van der Waals surface area contributed by atoms with Crippen molar-refractivity contribution in [3.05, 3.63) is 64.7 Å². The zero-order valence-corrected chi connectivity index (χ0v) is 16.4. The third-order valence-corrected chi connectivity index (χ3v) is 5.02. The number of Topliss-reactive ketones (excluding diaryl/α,β-unsaturated/α-hetero) is 1. The highest BCUT2D eigenvalue weighted by Crippen LogP contribution is 2.15. The number of hydrogen-bond donors (Lipinski definition) is 1. The lowest BCUT2D eigenvalue weighted by molar-refractivity contribution is -0.119. The SMILES string of the molecule is CS(=O)(=O)Cc1ccc(CCC(=O)CCCNc2cccc(Cl)c2)cc1. The molecule has 1 N–H and O–H groups in total. The van der Waals surface area contributed by atoms with Gasteiger partial charge in [-0.2, -0.15) is 0 Å². The number of rotatable bonds is 10. The lowest BCUT2D eigenvalue weighted by Crippen LogP contribution is -2.06. The van der Waals surface area contributed by atoms with Crippen LogP contribution >= 0.6 is 11.6 Å². The average molecular weight is 394 g/mol. The molecule has 0 fully saturated rings. The van der Waals surface area contributed by atoms with E-state index in [0.29, 0.717) is 24.3 Å². The van der Waals surface area contributed by atoms with Crippen molar-refractivity contribution in [2.24, 2.45) is 0 Å². The molecular weight excluding hydrogens is 370 g/mol.